The van der Waals surface area contributed by atoms with E-state index >= 15 is 0 Å². The first-order chi connectivity index (χ1) is 16.1. The van der Waals surface area contributed by atoms with E-state index in [0.29, 0.717) is 5.92 Å². The summed E-state index contributed by atoms with van der Waals surface area (Å²) in [5, 5.41) is 12.0. The Morgan fingerprint density at radius 1 is 1.03 bits per heavy atom. The predicted molar refractivity (Wildman–Crippen MR) is 128 cm³/mol. The monoisotopic (exact) mass is 448 g/mol. The third-order valence-corrected chi connectivity index (χ3v) is 7.11. The van der Waals surface area contributed by atoms with Gasteiger partial charge >= 0.3 is 0 Å². The van der Waals surface area contributed by atoms with E-state index in [0.717, 1.165) is 64.2 Å². The van der Waals surface area contributed by atoms with Crippen LogP contribution in [0, 0.1) is 29.0 Å². The van der Waals surface area contributed by atoms with Crippen molar-refractivity contribution in [2.75, 3.05) is 37.6 Å². The zero-order valence-electron chi connectivity index (χ0n) is 19.2. The predicted octanol–water partition coefficient (Wildman–Crippen LogP) is 4.33. The second kappa shape index (κ2) is 11.3. The molecule has 0 atom stereocenters. The van der Waals surface area contributed by atoms with Crippen LogP contribution in [0.1, 0.15) is 43.2 Å². The van der Waals surface area contributed by atoms with E-state index in [1.54, 1.807) is 6.07 Å². The third kappa shape index (κ3) is 6.33. The van der Waals surface area contributed by atoms with Gasteiger partial charge in [0.1, 0.15) is 11.9 Å². The Morgan fingerprint density at radius 2 is 1.76 bits per heavy atom. The lowest BCUT2D eigenvalue weighted by Crippen LogP contribution is -2.41. The van der Waals surface area contributed by atoms with Crippen LogP contribution in [0.15, 0.2) is 48.5 Å². The normalized spacial score (nSPS) is 18.1. The van der Waals surface area contributed by atoms with Crippen LogP contribution in [-0.2, 0) is 11.3 Å². The zero-order valence-corrected chi connectivity index (χ0v) is 19.2. The molecule has 2 aliphatic rings. The quantitative estimate of drug-likeness (QED) is 0.685. The van der Waals surface area contributed by atoms with Gasteiger partial charge in [-0.15, -0.1) is 0 Å². The van der Waals surface area contributed by atoms with Crippen LogP contribution in [0.3, 0.4) is 0 Å². The zero-order chi connectivity index (χ0) is 23.0. The van der Waals surface area contributed by atoms with Crippen LogP contribution in [0.5, 0.6) is 0 Å². The van der Waals surface area contributed by atoms with Gasteiger partial charge in [0.25, 0.3) is 0 Å². The number of rotatable bonds is 7. The van der Waals surface area contributed by atoms with E-state index in [1.165, 1.54) is 30.5 Å². The van der Waals surface area contributed by atoms with Gasteiger partial charge in [-0.3, -0.25) is 9.69 Å². The van der Waals surface area contributed by atoms with Crippen molar-refractivity contribution >= 4 is 11.6 Å². The highest BCUT2D eigenvalue weighted by Crippen LogP contribution is 2.25. The first-order valence-electron chi connectivity index (χ1n) is 12.1. The first-order valence-corrected chi connectivity index (χ1v) is 12.1. The summed E-state index contributed by atoms with van der Waals surface area (Å²) in [6, 6.07) is 17.2. The molecular weight excluding hydrogens is 415 g/mol. The number of nitriles is 1. The van der Waals surface area contributed by atoms with Crippen molar-refractivity contribution in [3.8, 4) is 6.07 Å². The molecule has 33 heavy (non-hydrogen) atoms. The molecule has 0 saturated carbocycles. The van der Waals surface area contributed by atoms with Gasteiger partial charge < -0.3 is 10.2 Å². The van der Waals surface area contributed by atoms with E-state index in [9.17, 15) is 9.18 Å². The minimum atomic E-state index is -0.485. The lowest BCUT2D eigenvalue weighted by atomic mass is 9.92. The molecule has 2 heterocycles. The molecule has 0 aromatic heterocycles. The van der Waals surface area contributed by atoms with Gasteiger partial charge in [-0.2, -0.15) is 5.26 Å². The van der Waals surface area contributed by atoms with Crippen LogP contribution in [0.25, 0.3) is 0 Å². The van der Waals surface area contributed by atoms with Crippen molar-refractivity contribution < 1.29 is 9.18 Å². The maximum absolute atomic E-state index is 13.9. The molecular formula is C27H33FN4O. The summed E-state index contributed by atoms with van der Waals surface area (Å²) in [6.45, 7) is 5.48. The topological polar surface area (TPSA) is 59.4 Å². The van der Waals surface area contributed by atoms with Crippen molar-refractivity contribution in [2.24, 2.45) is 11.8 Å². The van der Waals surface area contributed by atoms with Gasteiger partial charge in [-0.1, -0.05) is 30.3 Å². The lowest BCUT2D eigenvalue weighted by molar-refractivity contribution is -0.125. The van der Waals surface area contributed by atoms with E-state index in [1.807, 2.05) is 6.07 Å². The molecule has 174 valence electrons. The van der Waals surface area contributed by atoms with Gasteiger partial charge in [0.05, 0.1) is 5.56 Å². The molecule has 0 radical (unpaired) electrons. The van der Waals surface area contributed by atoms with Crippen LogP contribution in [0.2, 0.25) is 0 Å². The molecule has 4 rings (SSSR count). The second-order valence-electron chi connectivity index (χ2n) is 9.32. The van der Waals surface area contributed by atoms with Gasteiger partial charge in [0.2, 0.25) is 5.91 Å². The number of benzene rings is 2. The standard InChI is InChI=1S/C27H33FN4O/c28-26-18-25(7-6-24(26)19-29)32-16-11-23(12-17-32)27(33)30-13-8-21-9-14-31(15-10-21)20-22-4-2-1-3-5-22/h1-7,18,21,23H,8-17,20H2,(H,30,33). The number of anilines is 1. The Morgan fingerprint density at radius 3 is 2.42 bits per heavy atom. The molecule has 2 aromatic carbocycles. The van der Waals surface area contributed by atoms with E-state index in [2.05, 4.69) is 45.4 Å². The Balaban J connectivity index is 1.13. The van der Waals surface area contributed by atoms with Crippen LogP contribution in [-0.4, -0.2) is 43.5 Å². The van der Waals surface area contributed by atoms with Crippen molar-refractivity contribution in [2.45, 2.75) is 38.6 Å². The maximum atomic E-state index is 13.9. The van der Waals surface area contributed by atoms with E-state index < -0.39 is 5.82 Å². The number of nitrogens with one attached hydrogen (secondary N) is 1. The number of carbonyl (C=O) groups excluding carboxylic acids is 1. The minimum Gasteiger partial charge on any atom is -0.371 e. The van der Waals surface area contributed by atoms with E-state index in [-0.39, 0.29) is 17.4 Å². The van der Waals surface area contributed by atoms with Crippen LogP contribution in [0.4, 0.5) is 10.1 Å². The molecule has 0 unspecified atom stereocenters. The number of likely N-dealkylation sites (tertiary alicyclic amines) is 1. The Labute approximate surface area is 196 Å². The average molecular weight is 449 g/mol. The highest BCUT2D eigenvalue weighted by atomic mass is 19.1. The summed E-state index contributed by atoms with van der Waals surface area (Å²) < 4.78 is 13.9. The van der Waals surface area contributed by atoms with E-state index in [4.69, 9.17) is 5.26 Å². The van der Waals surface area contributed by atoms with Gasteiger partial charge in [0.15, 0.2) is 0 Å². The molecule has 2 aliphatic heterocycles. The molecule has 5 nitrogen and oxygen atoms in total. The summed E-state index contributed by atoms with van der Waals surface area (Å²) in [6.07, 6.45) is 4.98. The largest absolute Gasteiger partial charge is 0.371 e. The Bertz CT molecular complexity index is 958. The number of carbonyl (C=O) groups is 1. The average Bonchev–Trinajstić information content (AvgIpc) is 2.86. The van der Waals surface area contributed by atoms with Crippen molar-refractivity contribution in [3.05, 3.63) is 65.5 Å². The lowest BCUT2D eigenvalue weighted by Gasteiger charge is -2.33. The second-order valence-corrected chi connectivity index (χ2v) is 9.32. The van der Waals surface area contributed by atoms with Crippen LogP contribution >= 0.6 is 0 Å². The number of hydrogen-bond acceptors (Lipinski definition) is 4. The SMILES string of the molecule is N#Cc1ccc(N2CCC(C(=O)NCCC3CCN(Cc4ccccc4)CC3)CC2)cc1F. The third-order valence-electron chi connectivity index (χ3n) is 7.11. The number of halogens is 1. The number of piperidine rings is 2. The molecule has 1 amide bonds. The highest BCUT2D eigenvalue weighted by molar-refractivity contribution is 5.79. The van der Waals surface area contributed by atoms with Crippen molar-refractivity contribution in [1.29, 1.82) is 5.26 Å². The van der Waals surface area contributed by atoms with Crippen LogP contribution < -0.4 is 10.2 Å². The Kier molecular flexibility index (Phi) is 7.96. The smallest absolute Gasteiger partial charge is 0.223 e. The molecule has 0 spiro atoms. The fourth-order valence-electron chi connectivity index (χ4n) is 5.01. The summed E-state index contributed by atoms with van der Waals surface area (Å²) >= 11 is 0. The van der Waals surface area contributed by atoms with Gasteiger partial charge in [-0.05, 0) is 74.9 Å². The molecule has 2 fully saturated rings. The fraction of sp³-hybridized carbons (Fsp3) is 0.481. The molecule has 2 saturated heterocycles. The van der Waals surface area contributed by atoms with Crippen molar-refractivity contribution in [3.63, 3.8) is 0 Å². The van der Waals surface area contributed by atoms with Gasteiger partial charge in [0, 0.05) is 37.8 Å². The summed E-state index contributed by atoms with van der Waals surface area (Å²) in [7, 11) is 0. The first kappa shape index (κ1) is 23.3. The molecule has 2 aromatic rings. The molecule has 0 bridgehead atoms. The Hall–Kier alpha value is -2.91. The summed E-state index contributed by atoms with van der Waals surface area (Å²) in [4.78, 5) is 17.3. The summed E-state index contributed by atoms with van der Waals surface area (Å²) in [5.74, 6) is 0.380. The number of hydrogen-bond donors (Lipinski definition) is 1. The molecule has 6 heteroatoms. The molecule has 1 N–H and O–H groups in total. The maximum Gasteiger partial charge on any atom is 0.223 e. The van der Waals surface area contributed by atoms with Gasteiger partial charge in [-0.25, -0.2) is 4.39 Å². The fourth-order valence-corrected chi connectivity index (χ4v) is 5.01. The molecule has 0 aliphatic carbocycles. The minimum absolute atomic E-state index is 0.0252. The number of nitrogens with zero attached hydrogens (tertiary/aromatic N) is 3. The highest BCUT2D eigenvalue weighted by Gasteiger charge is 2.26. The van der Waals surface area contributed by atoms with Crippen molar-refractivity contribution in [1.82, 2.24) is 10.2 Å². The number of amides is 1. The summed E-state index contributed by atoms with van der Waals surface area (Å²) in [5.41, 5.74) is 2.22.